The Hall–Kier alpha value is -6.38. The quantitative estimate of drug-likeness (QED) is 0.175. The third kappa shape index (κ3) is 4.36. The van der Waals surface area contributed by atoms with Gasteiger partial charge in [0.2, 0.25) is 0 Å². The van der Waals surface area contributed by atoms with Crippen LogP contribution in [-0.4, -0.2) is 9.13 Å². The van der Waals surface area contributed by atoms with Crippen molar-refractivity contribution in [1.29, 1.82) is 0 Å². The summed E-state index contributed by atoms with van der Waals surface area (Å²) in [5.74, 6) is 0. The lowest BCUT2D eigenvalue weighted by Gasteiger charge is -2.22. The second-order valence-corrected chi connectivity index (χ2v) is 14.1. The van der Waals surface area contributed by atoms with E-state index >= 15 is 0 Å². The highest BCUT2D eigenvalue weighted by Gasteiger charge is 2.36. The van der Waals surface area contributed by atoms with E-state index in [2.05, 4.69) is 205 Å². The Bertz CT molecular complexity index is 2750. The van der Waals surface area contributed by atoms with Crippen LogP contribution >= 0.6 is 0 Å². The molecule has 0 bridgehead atoms. The van der Waals surface area contributed by atoms with Gasteiger partial charge in [-0.1, -0.05) is 153 Å². The minimum atomic E-state index is -0.121. The van der Waals surface area contributed by atoms with Gasteiger partial charge in [-0.05, 0) is 75.8 Å². The van der Waals surface area contributed by atoms with Crippen molar-refractivity contribution in [2.24, 2.45) is 0 Å². The molecular formula is C49H36N2. The van der Waals surface area contributed by atoms with Crippen molar-refractivity contribution in [3.63, 3.8) is 0 Å². The smallest absolute Gasteiger partial charge is 0.0620 e. The molecule has 2 nitrogen and oxygen atoms in total. The number of hydrogen-bond acceptors (Lipinski definition) is 0. The Morgan fingerprint density at radius 2 is 0.824 bits per heavy atom. The van der Waals surface area contributed by atoms with E-state index in [0.717, 1.165) is 11.4 Å². The molecule has 0 radical (unpaired) electrons. The zero-order chi connectivity index (χ0) is 34.1. The van der Waals surface area contributed by atoms with Crippen molar-refractivity contribution in [3.8, 4) is 56.1 Å². The highest BCUT2D eigenvalue weighted by Crippen LogP contribution is 2.53. The topological polar surface area (TPSA) is 9.86 Å². The molecule has 51 heavy (non-hydrogen) atoms. The van der Waals surface area contributed by atoms with Crippen LogP contribution in [0.2, 0.25) is 0 Å². The zero-order valence-corrected chi connectivity index (χ0v) is 28.7. The van der Waals surface area contributed by atoms with E-state index in [9.17, 15) is 0 Å². The third-order valence-electron chi connectivity index (χ3n) is 10.9. The maximum Gasteiger partial charge on any atom is 0.0620 e. The highest BCUT2D eigenvalue weighted by atomic mass is 15.0. The summed E-state index contributed by atoms with van der Waals surface area (Å²) in [6.45, 7) is 4.74. The summed E-state index contributed by atoms with van der Waals surface area (Å²) < 4.78 is 4.95. The molecule has 9 aromatic rings. The van der Waals surface area contributed by atoms with E-state index < -0.39 is 0 Å². The second kappa shape index (κ2) is 11.3. The molecule has 2 heteroatoms. The number of aromatic nitrogens is 2. The molecule has 0 atom stereocenters. The molecule has 0 saturated carbocycles. The van der Waals surface area contributed by atoms with Gasteiger partial charge < -0.3 is 9.13 Å². The highest BCUT2D eigenvalue weighted by molar-refractivity contribution is 6.16. The van der Waals surface area contributed by atoms with Gasteiger partial charge in [-0.2, -0.15) is 0 Å². The van der Waals surface area contributed by atoms with Gasteiger partial charge in [0.05, 0.1) is 22.4 Å². The number of rotatable bonds is 5. The van der Waals surface area contributed by atoms with Crippen LogP contribution in [0.1, 0.15) is 25.0 Å². The van der Waals surface area contributed by atoms with Crippen LogP contribution in [0.15, 0.2) is 182 Å². The largest absolute Gasteiger partial charge is 0.309 e. The van der Waals surface area contributed by atoms with E-state index in [1.807, 2.05) is 0 Å². The summed E-state index contributed by atoms with van der Waals surface area (Å²) in [6, 6.07) is 66.5. The third-order valence-corrected chi connectivity index (χ3v) is 10.9. The predicted octanol–water partition coefficient (Wildman–Crippen LogP) is 12.9. The summed E-state index contributed by atoms with van der Waals surface area (Å²) in [5, 5.41) is 2.46. The maximum atomic E-state index is 2.49. The van der Waals surface area contributed by atoms with Crippen molar-refractivity contribution in [3.05, 3.63) is 193 Å². The molecule has 0 saturated heterocycles. The zero-order valence-electron chi connectivity index (χ0n) is 28.7. The number of para-hydroxylation sites is 4. The van der Waals surface area contributed by atoms with Crippen LogP contribution in [0.3, 0.4) is 0 Å². The summed E-state index contributed by atoms with van der Waals surface area (Å²) in [4.78, 5) is 0. The molecule has 0 amide bonds. The van der Waals surface area contributed by atoms with Gasteiger partial charge in [0.1, 0.15) is 0 Å². The standard InChI is InChI=1S/C49H36N2/c1-49(2)41-27-15-12-24-37(41)38-31-30-34(32-42(38)49)48-46(40-26-14-17-29-44(40)51(48)36-22-10-5-11-23-36)45-39-25-13-16-28-43(39)50(35-20-8-4-9-21-35)47(45)33-18-6-3-7-19-33/h3-32H,1-2H3. The van der Waals surface area contributed by atoms with Crippen LogP contribution < -0.4 is 0 Å². The molecule has 0 spiro atoms. The Balaban J connectivity index is 1.39. The first-order valence-corrected chi connectivity index (χ1v) is 17.8. The van der Waals surface area contributed by atoms with Crippen molar-refractivity contribution in [2.75, 3.05) is 0 Å². The summed E-state index contributed by atoms with van der Waals surface area (Å²) in [7, 11) is 0. The van der Waals surface area contributed by atoms with Crippen LogP contribution in [0.4, 0.5) is 0 Å². The molecule has 1 aliphatic carbocycles. The van der Waals surface area contributed by atoms with Gasteiger partial charge in [0.15, 0.2) is 0 Å². The minimum absolute atomic E-state index is 0.121. The molecule has 242 valence electrons. The van der Waals surface area contributed by atoms with Gasteiger partial charge >= 0.3 is 0 Å². The molecule has 0 fully saturated rings. The lowest BCUT2D eigenvalue weighted by molar-refractivity contribution is 0.660. The molecule has 2 aromatic heterocycles. The molecule has 0 aliphatic heterocycles. The second-order valence-electron chi connectivity index (χ2n) is 14.1. The Morgan fingerprint density at radius 1 is 0.373 bits per heavy atom. The van der Waals surface area contributed by atoms with Gasteiger partial charge in [0, 0.05) is 38.7 Å². The van der Waals surface area contributed by atoms with Gasteiger partial charge in [-0.25, -0.2) is 0 Å². The fourth-order valence-corrected chi connectivity index (χ4v) is 8.67. The average molecular weight is 653 g/mol. The summed E-state index contributed by atoms with van der Waals surface area (Å²) in [5.41, 5.74) is 17.2. The molecular weight excluding hydrogens is 617 g/mol. The molecule has 7 aromatic carbocycles. The fourth-order valence-electron chi connectivity index (χ4n) is 8.67. The Morgan fingerprint density at radius 3 is 1.41 bits per heavy atom. The molecule has 1 aliphatic rings. The van der Waals surface area contributed by atoms with Crippen molar-refractivity contribution in [1.82, 2.24) is 9.13 Å². The van der Waals surface area contributed by atoms with Crippen LogP contribution in [0.25, 0.3) is 77.9 Å². The van der Waals surface area contributed by atoms with Gasteiger partial charge in [0.25, 0.3) is 0 Å². The number of nitrogens with zero attached hydrogens (tertiary/aromatic N) is 2. The first-order chi connectivity index (χ1) is 25.1. The Kier molecular flexibility index (Phi) is 6.56. The van der Waals surface area contributed by atoms with E-state index in [1.165, 1.54) is 77.7 Å². The predicted molar refractivity (Wildman–Crippen MR) is 214 cm³/mol. The molecule has 0 N–H and O–H groups in total. The average Bonchev–Trinajstić information content (AvgIpc) is 3.79. The van der Waals surface area contributed by atoms with E-state index in [4.69, 9.17) is 0 Å². The minimum Gasteiger partial charge on any atom is -0.309 e. The SMILES string of the molecule is CC1(C)c2ccccc2-c2ccc(-c3c(-c4c(-c5ccccc5)n(-c5ccccc5)c5ccccc45)c4ccccc4n3-c3ccccc3)cc21. The van der Waals surface area contributed by atoms with E-state index in [1.54, 1.807) is 0 Å². The van der Waals surface area contributed by atoms with E-state index in [-0.39, 0.29) is 5.41 Å². The van der Waals surface area contributed by atoms with E-state index in [0.29, 0.717) is 0 Å². The van der Waals surface area contributed by atoms with Gasteiger partial charge in [-0.15, -0.1) is 0 Å². The van der Waals surface area contributed by atoms with Crippen LogP contribution in [0.5, 0.6) is 0 Å². The number of fused-ring (bicyclic) bond motifs is 5. The first-order valence-electron chi connectivity index (χ1n) is 17.8. The maximum absolute atomic E-state index is 2.49. The molecule has 2 heterocycles. The Labute approximate surface area is 298 Å². The monoisotopic (exact) mass is 652 g/mol. The molecule has 0 unspecified atom stereocenters. The van der Waals surface area contributed by atoms with Crippen molar-refractivity contribution < 1.29 is 0 Å². The van der Waals surface area contributed by atoms with Crippen molar-refractivity contribution >= 4 is 21.8 Å². The van der Waals surface area contributed by atoms with Crippen LogP contribution in [-0.2, 0) is 5.41 Å². The van der Waals surface area contributed by atoms with Gasteiger partial charge in [-0.3, -0.25) is 0 Å². The summed E-state index contributed by atoms with van der Waals surface area (Å²) in [6.07, 6.45) is 0. The molecule has 10 rings (SSSR count). The lowest BCUT2D eigenvalue weighted by atomic mass is 9.81. The lowest BCUT2D eigenvalue weighted by Crippen LogP contribution is -2.15. The van der Waals surface area contributed by atoms with Crippen molar-refractivity contribution in [2.45, 2.75) is 19.3 Å². The number of benzene rings is 7. The summed E-state index contributed by atoms with van der Waals surface area (Å²) >= 11 is 0. The first kappa shape index (κ1) is 29.5. The van der Waals surface area contributed by atoms with Crippen LogP contribution in [0, 0.1) is 0 Å². The normalized spacial score (nSPS) is 13.1. The fraction of sp³-hybridized carbons (Fsp3) is 0.0612. The number of hydrogen-bond donors (Lipinski definition) is 0.